The van der Waals surface area contributed by atoms with E-state index in [2.05, 4.69) is 0 Å². The van der Waals surface area contributed by atoms with Crippen LogP contribution < -0.4 is 4.74 Å². The average Bonchev–Trinajstić information content (AvgIpc) is 2.81. The summed E-state index contributed by atoms with van der Waals surface area (Å²) < 4.78 is 32.5. The van der Waals surface area contributed by atoms with Crippen LogP contribution in [0.4, 0.5) is 8.78 Å². The molecule has 0 radical (unpaired) electrons. The number of methoxy groups -OCH3 is 1. The number of benzene rings is 3. The first-order chi connectivity index (χ1) is 13.1. The van der Waals surface area contributed by atoms with Crippen LogP contribution in [-0.4, -0.2) is 12.9 Å². The molecular weight excluding hydrogens is 346 g/mol. The lowest BCUT2D eigenvalue weighted by Crippen LogP contribution is -2.05. The van der Waals surface area contributed by atoms with Crippen molar-refractivity contribution in [2.45, 2.75) is 19.3 Å². The van der Waals surface area contributed by atoms with E-state index in [0.29, 0.717) is 36.0 Å². The smallest absolute Gasteiger partial charge is 0.193 e. The molecule has 0 heterocycles. The summed E-state index contributed by atoms with van der Waals surface area (Å²) >= 11 is 0. The molecular formula is C23H18F2O2. The van der Waals surface area contributed by atoms with Crippen LogP contribution >= 0.6 is 0 Å². The highest BCUT2D eigenvalue weighted by atomic mass is 19.1. The number of carbonyl (C=O) groups excluding carboxylic acids is 1. The van der Waals surface area contributed by atoms with Crippen LogP contribution in [0, 0.1) is 11.6 Å². The molecule has 3 aromatic carbocycles. The van der Waals surface area contributed by atoms with Crippen LogP contribution in [0.3, 0.4) is 0 Å². The van der Waals surface area contributed by atoms with Crippen molar-refractivity contribution in [2.24, 2.45) is 0 Å². The fourth-order valence-corrected chi connectivity index (χ4v) is 3.70. The van der Waals surface area contributed by atoms with E-state index in [-0.39, 0.29) is 5.78 Å². The van der Waals surface area contributed by atoms with Gasteiger partial charge in [-0.2, -0.15) is 0 Å². The fraction of sp³-hybridized carbons (Fsp3) is 0.174. The Kier molecular flexibility index (Phi) is 4.48. The molecule has 0 aromatic heterocycles. The van der Waals surface area contributed by atoms with E-state index in [0.717, 1.165) is 28.5 Å². The third-order valence-corrected chi connectivity index (χ3v) is 5.07. The minimum atomic E-state index is -0.588. The second-order valence-electron chi connectivity index (χ2n) is 6.72. The quantitative estimate of drug-likeness (QED) is 0.661. The van der Waals surface area contributed by atoms with E-state index in [9.17, 15) is 13.6 Å². The molecule has 0 aliphatic heterocycles. The number of aryl methyl sites for hydroxylation is 1. The molecule has 0 saturated carbocycles. The molecule has 0 fully saturated rings. The lowest BCUT2D eigenvalue weighted by Gasteiger charge is -2.10. The summed E-state index contributed by atoms with van der Waals surface area (Å²) in [5.74, 6) is -0.438. The summed E-state index contributed by atoms with van der Waals surface area (Å²) in [6.45, 7) is 0. The number of ketones is 1. The summed E-state index contributed by atoms with van der Waals surface area (Å²) in [6.07, 6.45) is 1.75. The van der Waals surface area contributed by atoms with Crippen LogP contribution in [0.25, 0.3) is 0 Å². The molecule has 0 atom stereocenters. The molecule has 4 heteroatoms. The molecule has 1 aliphatic carbocycles. The number of halogens is 2. The number of hydrogen-bond donors (Lipinski definition) is 0. The minimum absolute atomic E-state index is 0.0177. The Hall–Kier alpha value is -3.01. The van der Waals surface area contributed by atoms with Crippen molar-refractivity contribution in [1.29, 1.82) is 0 Å². The van der Waals surface area contributed by atoms with Crippen molar-refractivity contribution >= 4 is 5.78 Å². The number of fused-ring (bicyclic) bond motifs is 2. The Morgan fingerprint density at radius 2 is 1.81 bits per heavy atom. The first kappa shape index (κ1) is 17.4. The van der Waals surface area contributed by atoms with Crippen LogP contribution in [0.1, 0.15) is 38.2 Å². The van der Waals surface area contributed by atoms with Crippen molar-refractivity contribution in [3.63, 3.8) is 0 Å². The van der Waals surface area contributed by atoms with Gasteiger partial charge in [0.05, 0.1) is 7.11 Å². The maximum Gasteiger partial charge on any atom is 0.193 e. The lowest BCUT2D eigenvalue weighted by molar-refractivity contribution is 0.103. The summed E-state index contributed by atoms with van der Waals surface area (Å²) in [7, 11) is 1.60. The molecule has 0 bridgehead atoms. The van der Waals surface area contributed by atoms with E-state index in [1.807, 2.05) is 36.4 Å². The molecule has 1 aliphatic rings. The van der Waals surface area contributed by atoms with E-state index < -0.39 is 11.6 Å². The molecule has 0 N–H and O–H groups in total. The van der Waals surface area contributed by atoms with Gasteiger partial charge in [0.1, 0.15) is 17.4 Å². The van der Waals surface area contributed by atoms with Gasteiger partial charge < -0.3 is 4.74 Å². The first-order valence-corrected chi connectivity index (χ1v) is 8.83. The molecule has 0 amide bonds. The summed E-state index contributed by atoms with van der Waals surface area (Å²) in [5.41, 5.74) is 4.53. The maximum atomic E-state index is 14.0. The van der Waals surface area contributed by atoms with Crippen LogP contribution in [0.2, 0.25) is 0 Å². The number of carbonyl (C=O) groups is 1. The van der Waals surface area contributed by atoms with Crippen LogP contribution in [-0.2, 0) is 19.3 Å². The van der Waals surface area contributed by atoms with Gasteiger partial charge in [0, 0.05) is 29.2 Å². The highest BCUT2D eigenvalue weighted by Crippen LogP contribution is 2.31. The molecule has 2 nitrogen and oxygen atoms in total. The van der Waals surface area contributed by atoms with Gasteiger partial charge >= 0.3 is 0 Å². The Morgan fingerprint density at radius 1 is 0.963 bits per heavy atom. The average molecular weight is 364 g/mol. The second kappa shape index (κ2) is 6.95. The monoisotopic (exact) mass is 364 g/mol. The highest BCUT2D eigenvalue weighted by Gasteiger charge is 2.23. The van der Waals surface area contributed by atoms with Gasteiger partial charge in [-0.1, -0.05) is 36.4 Å². The number of ether oxygens (including phenoxy) is 1. The van der Waals surface area contributed by atoms with Crippen LogP contribution in [0.15, 0.2) is 54.6 Å². The van der Waals surface area contributed by atoms with Crippen molar-refractivity contribution < 1.29 is 18.3 Å². The summed E-state index contributed by atoms with van der Waals surface area (Å²) in [4.78, 5) is 13.0. The van der Waals surface area contributed by atoms with Crippen molar-refractivity contribution in [1.82, 2.24) is 0 Å². The standard InChI is InChI=1S/C23H18F2O2/c1-27-22-4-2-3-20-19(22)10-7-15-11-14(5-9-18(15)23(20)26)12-16-6-8-17(24)13-21(16)25/h2-6,8-9,11,13H,7,10,12H2,1H3. The van der Waals surface area contributed by atoms with E-state index >= 15 is 0 Å². The Balaban J connectivity index is 1.69. The zero-order valence-electron chi connectivity index (χ0n) is 14.9. The predicted octanol–water partition coefficient (Wildman–Crippen LogP) is 4.89. The molecule has 27 heavy (non-hydrogen) atoms. The number of rotatable bonds is 3. The summed E-state index contributed by atoms with van der Waals surface area (Å²) in [6, 6.07) is 14.7. The minimum Gasteiger partial charge on any atom is -0.496 e. The van der Waals surface area contributed by atoms with E-state index in [1.165, 1.54) is 12.1 Å². The zero-order valence-corrected chi connectivity index (χ0v) is 14.9. The van der Waals surface area contributed by atoms with Gasteiger partial charge in [-0.05, 0) is 41.7 Å². The van der Waals surface area contributed by atoms with Gasteiger partial charge in [0.2, 0.25) is 0 Å². The summed E-state index contributed by atoms with van der Waals surface area (Å²) in [5, 5.41) is 0. The SMILES string of the molecule is COc1cccc2c1CCc1cc(Cc3ccc(F)cc3F)ccc1C2=O. The highest BCUT2D eigenvalue weighted by molar-refractivity contribution is 6.11. The van der Waals surface area contributed by atoms with Crippen molar-refractivity contribution in [3.05, 3.63) is 99.6 Å². The topological polar surface area (TPSA) is 26.3 Å². The van der Waals surface area contributed by atoms with Gasteiger partial charge in [0.15, 0.2) is 5.78 Å². The molecule has 4 rings (SSSR count). The normalized spacial score (nSPS) is 12.9. The maximum absolute atomic E-state index is 14.0. The van der Waals surface area contributed by atoms with E-state index in [4.69, 9.17) is 4.74 Å². The molecule has 0 unspecified atom stereocenters. The Labute approximate surface area is 156 Å². The lowest BCUT2D eigenvalue weighted by atomic mass is 9.95. The Morgan fingerprint density at radius 3 is 2.59 bits per heavy atom. The zero-order chi connectivity index (χ0) is 19.0. The molecule has 0 spiro atoms. The number of hydrogen-bond acceptors (Lipinski definition) is 2. The van der Waals surface area contributed by atoms with Gasteiger partial charge in [-0.15, -0.1) is 0 Å². The van der Waals surface area contributed by atoms with Gasteiger partial charge in [-0.25, -0.2) is 8.78 Å². The van der Waals surface area contributed by atoms with Gasteiger partial charge in [-0.3, -0.25) is 4.79 Å². The third-order valence-electron chi connectivity index (χ3n) is 5.07. The fourth-order valence-electron chi connectivity index (χ4n) is 3.70. The predicted molar refractivity (Wildman–Crippen MR) is 99.4 cm³/mol. The third kappa shape index (κ3) is 3.23. The largest absolute Gasteiger partial charge is 0.496 e. The van der Waals surface area contributed by atoms with Crippen molar-refractivity contribution in [3.8, 4) is 5.75 Å². The van der Waals surface area contributed by atoms with Crippen molar-refractivity contribution in [2.75, 3.05) is 7.11 Å². The van der Waals surface area contributed by atoms with Gasteiger partial charge in [0.25, 0.3) is 0 Å². The Bertz CT molecular complexity index is 1040. The van der Waals surface area contributed by atoms with Crippen LogP contribution in [0.5, 0.6) is 5.75 Å². The molecule has 0 saturated heterocycles. The second-order valence-corrected chi connectivity index (χ2v) is 6.72. The first-order valence-electron chi connectivity index (χ1n) is 8.83. The molecule has 136 valence electrons. The molecule has 3 aromatic rings. The van der Waals surface area contributed by atoms with E-state index in [1.54, 1.807) is 7.11 Å².